The highest BCUT2D eigenvalue weighted by molar-refractivity contribution is 7.92. The summed E-state index contributed by atoms with van der Waals surface area (Å²) in [6.45, 7) is 2.11. The summed E-state index contributed by atoms with van der Waals surface area (Å²) in [6, 6.07) is 11.3. The van der Waals surface area contributed by atoms with Gasteiger partial charge in [0.15, 0.2) is 0 Å². The minimum Gasteiger partial charge on any atom is -0.497 e. The smallest absolute Gasteiger partial charge is 0.243 e. The monoisotopic (exact) mass is 611 g/mol. The van der Waals surface area contributed by atoms with E-state index in [0.29, 0.717) is 33.5 Å². The van der Waals surface area contributed by atoms with E-state index in [0.717, 1.165) is 31.9 Å². The highest BCUT2D eigenvalue weighted by Crippen LogP contribution is 2.26. The summed E-state index contributed by atoms with van der Waals surface area (Å²) >= 11 is 12.5. The first-order chi connectivity index (χ1) is 19.0. The normalized spacial score (nSPS) is 14.8. The van der Waals surface area contributed by atoms with Crippen molar-refractivity contribution in [1.82, 2.24) is 10.2 Å². The SMILES string of the molecule is CCC(C(=O)NC1CCCCC1)N(Cc1ccc(Cl)cc1Cl)C(=O)CCCN(c1cccc(OC)c1)S(C)(=O)=O. The number of rotatable bonds is 13. The molecule has 0 saturated heterocycles. The Morgan fingerprint density at radius 1 is 1.10 bits per heavy atom. The van der Waals surface area contributed by atoms with Gasteiger partial charge in [-0.3, -0.25) is 13.9 Å². The van der Waals surface area contributed by atoms with Crippen LogP contribution < -0.4 is 14.4 Å². The van der Waals surface area contributed by atoms with E-state index in [4.69, 9.17) is 27.9 Å². The van der Waals surface area contributed by atoms with Crippen molar-refractivity contribution in [2.45, 2.75) is 76.9 Å². The summed E-state index contributed by atoms with van der Waals surface area (Å²) in [5.74, 6) is 0.0979. The van der Waals surface area contributed by atoms with Crippen LogP contribution in [-0.2, 0) is 26.2 Å². The second kappa shape index (κ2) is 14.9. The van der Waals surface area contributed by atoms with E-state index < -0.39 is 16.1 Å². The molecule has 2 aromatic rings. The largest absolute Gasteiger partial charge is 0.497 e. The Hall–Kier alpha value is -2.49. The van der Waals surface area contributed by atoms with Gasteiger partial charge in [-0.1, -0.05) is 61.5 Å². The molecule has 1 aliphatic rings. The van der Waals surface area contributed by atoms with Crippen molar-refractivity contribution in [3.05, 3.63) is 58.1 Å². The molecule has 11 heteroatoms. The molecule has 1 fully saturated rings. The molecule has 0 spiro atoms. The van der Waals surface area contributed by atoms with Gasteiger partial charge in [-0.15, -0.1) is 0 Å². The van der Waals surface area contributed by atoms with E-state index in [1.54, 1.807) is 47.4 Å². The molecule has 0 aromatic heterocycles. The van der Waals surface area contributed by atoms with Gasteiger partial charge in [-0.05, 0) is 55.5 Å². The topological polar surface area (TPSA) is 96.0 Å². The minimum absolute atomic E-state index is 0.0500. The Bertz CT molecular complexity index is 1270. The maximum absolute atomic E-state index is 13.7. The van der Waals surface area contributed by atoms with Gasteiger partial charge in [-0.2, -0.15) is 0 Å². The lowest BCUT2D eigenvalue weighted by Crippen LogP contribution is -2.51. The number of nitrogens with zero attached hydrogens (tertiary/aromatic N) is 2. The Morgan fingerprint density at radius 2 is 1.82 bits per heavy atom. The third kappa shape index (κ3) is 9.01. The molecular formula is C29H39Cl2N3O5S. The quantitative estimate of drug-likeness (QED) is 0.308. The summed E-state index contributed by atoms with van der Waals surface area (Å²) in [5.41, 5.74) is 1.13. The average molecular weight is 613 g/mol. The van der Waals surface area contributed by atoms with Crippen LogP contribution in [-0.4, -0.2) is 57.1 Å². The minimum atomic E-state index is -3.61. The van der Waals surface area contributed by atoms with Crippen molar-refractivity contribution < 1.29 is 22.7 Å². The van der Waals surface area contributed by atoms with E-state index in [-0.39, 0.29) is 43.8 Å². The summed E-state index contributed by atoms with van der Waals surface area (Å²) in [6.07, 6.45) is 7.06. The molecule has 220 valence electrons. The zero-order valence-corrected chi connectivity index (χ0v) is 25.7. The maximum Gasteiger partial charge on any atom is 0.243 e. The van der Waals surface area contributed by atoms with Crippen LogP contribution in [0.25, 0.3) is 0 Å². The van der Waals surface area contributed by atoms with Gasteiger partial charge in [0.2, 0.25) is 21.8 Å². The number of ether oxygens (including phenoxy) is 1. The predicted octanol–water partition coefficient (Wildman–Crippen LogP) is 5.80. The summed E-state index contributed by atoms with van der Waals surface area (Å²) in [7, 11) is -2.10. The van der Waals surface area contributed by atoms with Crippen LogP contribution in [0.1, 0.15) is 63.9 Å². The zero-order valence-electron chi connectivity index (χ0n) is 23.4. The molecule has 1 unspecified atom stereocenters. The van der Waals surface area contributed by atoms with Gasteiger partial charge in [0.05, 0.1) is 19.1 Å². The number of sulfonamides is 1. The number of benzene rings is 2. The molecule has 0 heterocycles. The highest BCUT2D eigenvalue weighted by Gasteiger charge is 2.31. The molecule has 8 nitrogen and oxygen atoms in total. The van der Waals surface area contributed by atoms with Crippen molar-refractivity contribution in [2.75, 3.05) is 24.2 Å². The fraction of sp³-hybridized carbons (Fsp3) is 0.517. The van der Waals surface area contributed by atoms with E-state index in [9.17, 15) is 18.0 Å². The lowest BCUT2D eigenvalue weighted by molar-refractivity contribution is -0.141. The third-order valence-electron chi connectivity index (χ3n) is 7.19. The molecular weight excluding hydrogens is 573 g/mol. The van der Waals surface area contributed by atoms with Crippen LogP contribution in [0, 0.1) is 0 Å². The molecule has 1 saturated carbocycles. The Kier molecular flexibility index (Phi) is 12.0. The standard InChI is InChI=1S/C29H39Cl2N3O5S/c1-4-27(29(36)32-23-10-6-5-7-11-23)33(20-21-15-16-22(30)18-26(21)31)28(35)14-9-17-34(40(3,37)38)24-12-8-13-25(19-24)39-2/h8,12-13,15-16,18-19,23,27H,4-7,9-11,14,17,20H2,1-3H3,(H,32,36). The fourth-order valence-corrected chi connectivity index (χ4v) is 6.49. The molecule has 1 aliphatic carbocycles. The third-order valence-corrected chi connectivity index (χ3v) is 8.97. The predicted molar refractivity (Wildman–Crippen MR) is 161 cm³/mol. The van der Waals surface area contributed by atoms with Crippen molar-refractivity contribution in [2.24, 2.45) is 0 Å². The van der Waals surface area contributed by atoms with E-state index in [1.165, 1.54) is 17.8 Å². The maximum atomic E-state index is 13.7. The summed E-state index contributed by atoms with van der Waals surface area (Å²) in [4.78, 5) is 28.7. The molecule has 0 radical (unpaired) electrons. The van der Waals surface area contributed by atoms with Crippen LogP contribution in [0.2, 0.25) is 10.0 Å². The number of hydrogen-bond donors (Lipinski definition) is 1. The van der Waals surface area contributed by atoms with Crippen LogP contribution in [0.3, 0.4) is 0 Å². The Labute approximate surface area is 248 Å². The molecule has 2 aromatic carbocycles. The molecule has 3 rings (SSSR count). The van der Waals surface area contributed by atoms with Crippen molar-refractivity contribution in [3.63, 3.8) is 0 Å². The number of halogens is 2. The second-order valence-electron chi connectivity index (χ2n) is 10.2. The Balaban J connectivity index is 1.79. The van der Waals surface area contributed by atoms with Crippen molar-refractivity contribution >= 4 is 50.7 Å². The first-order valence-electron chi connectivity index (χ1n) is 13.7. The van der Waals surface area contributed by atoms with Gasteiger partial charge < -0.3 is 15.0 Å². The molecule has 0 aliphatic heterocycles. The zero-order chi connectivity index (χ0) is 29.3. The number of hydrogen-bond acceptors (Lipinski definition) is 5. The van der Waals surface area contributed by atoms with Crippen LogP contribution in [0.15, 0.2) is 42.5 Å². The van der Waals surface area contributed by atoms with Gasteiger partial charge >= 0.3 is 0 Å². The summed E-state index contributed by atoms with van der Waals surface area (Å²) in [5, 5.41) is 4.04. The van der Waals surface area contributed by atoms with E-state index in [1.807, 2.05) is 6.92 Å². The van der Waals surface area contributed by atoms with Gasteiger partial charge in [0.25, 0.3) is 0 Å². The second-order valence-corrected chi connectivity index (χ2v) is 12.9. The van der Waals surface area contributed by atoms with E-state index >= 15 is 0 Å². The van der Waals surface area contributed by atoms with Gasteiger partial charge in [-0.25, -0.2) is 8.42 Å². The number of methoxy groups -OCH3 is 1. The number of carbonyl (C=O) groups excluding carboxylic acids is 2. The van der Waals surface area contributed by atoms with Crippen LogP contribution >= 0.6 is 23.2 Å². The molecule has 2 amide bonds. The lowest BCUT2D eigenvalue weighted by atomic mass is 9.95. The van der Waals surface area contributed by atoms with Gasteiger partial charge in [0.1, 0.15) is 11.8 Å². The highest BCUT2D eigenvalue weighted by atomic mass is 35.5. The molecule has 1 atom stereocenters. The molecule has 40 heavy (non-hydrogen) atoms. The van der Waals surface area contributed by atoms with E-state index in [2.05, 4.69) is 5.32 Å². The summed E-state index contributed by atoms with van der Waals surface area (Å²) < 4.78 is 31.7. The number of amides is 2. The lowest BCUT2D eigenvalue weighted by Gasteiger charge is -2.33. The first-order valence-corrected chi connectivity index (χ1v) is 16.3. The number of nitrogens with one attached hydrogen (secondary N) is 1. The molecule has 1 N–H and O–H groups in total. The average Bonchev–Trinajstić information content (AvgIpc) is 2.92. The molecule has 0 bridgehead atoms. The van der Waals surface area contributed by atoms with Crippen LogP contribution in [0.5, 0.6) is 5.75 Å². The van der Waals surface area contributed by atoms with Crippen molar-refractivity contribution in [3.8, 4) is 5.75 Å². The van der Waals surface area contributed by atoms with Crippen LogP contribution in [0.4, 0.5) is 5.69 Å². The number of anilines is 1. The first kappa shape index (κ1) is 32.0. The fourth-order valence-electron chi connectivity index (χ4n) is 5.07. The Morgan fingerprint density at radius 3 is 2.45 bits per heavy atom. The number of carbonyl (C=O) groups is 2. The van der Waals surface area contributed by atoms with Crippen molar-refractivity contribution in [1.29, 1.82) is 0 Å². The van der Waals surface area contributed by atoms with Gasteiger partial charge in [0, 0.05) is 41.7 Å².